The quantitative estimate of drug-likeness (QED) is 0.370. The van der Waals surface area contributed by atoms with E-state index in [0.29, 0.717) is 0 Å². The monoisotopic (exact) mass is 500 g/mol. The molecule has 0 aromatic heterocycles. The fraction of sp³-hybridized carbons (Fsp3) is 0.257. The highest BCUT2D eigenvalue weighted by molar-refractivity contribution is 5.66. The minimum atomic E-state index is 0.206. The van der Waals surface area contributed by atoms with Crippen LogP contribution in [0.4, 0.5) is 0 Å². The summed E-state index contributed by atoms with van der Waals surface area (Å²) < 4.78 is 7.07. The molecule has 3 heteroatoms. The summed E-state index contributed by atoms with van der Waals surface area (Å²) in [4.78, 5) is 5.08. The van der Waals surface area contributed by atoms with E-state index in [1.54, 1.807) is 0 Å². The Morgan fingerprint density at radius 3 is 1.45 bits per heavy atom. The van der Waals surface area contributed by atoms with Gasteiger partial charge in [-0.2, -0.15) is 0 Å². The standard InChI is InChI=1S/C35H36N2O/c1-3-36-22-29(20-26-14-8-5-9-15-26)34-31(24-36)33(28-18-12-7-13-19-28)32-25-37(4-2)23-30(35(32)38-34)21-27-16-10-6-11-17-27/h5-21,33H,3-4,22-25H2,1-2H3. The maximum Gasteiger partial charge on any atom is 0.133 e. The lowest BCUT2D eigenvalue weighted by Gasteiger charge is -2.44. The molecule has 0 spiro atoms. The Morgan fingerprint density at radius 1 is 0.605 bits per heavy atom. The van der Waals surface area contributed by atoms with Crippen molar-refractivity contribution in [3.05, 3.63) is 141 Å². The van der Waals surface area contributed by atoms with Gasteiger partial charge >= 0.3 is 0 Å². The van der Waals surface area contributed by atoms with Crippen LogP contribution in [0.3, 0.4) is 0 Å². The number of likely N-dealkylation sites (N-methyl/N-ethyl adjacent to an activating group) is 2. The molecule has 3 aromatic carbocycles. The molecule has 3 aromatic rings. The molecule has 3 nitrogen and oxygen atoms in total. The molecule has 0 aliphatic carbocycles. The van der Waals surface area contributed by atoms with Crippen LogP contribution >= 0.6 is 0 Å². The number of benzene rings is 3. The largest absolute Gasteiger partial charge is 0.457 e. The molecule has 6 rings (SSSR count). The van der Waals surface area contributed by atoms with Gasteiger partial charge in [-0.05, 0) is 53.1 Å². The van der Waals surface area contributed by atoms with Crippen LogP contribution in [0.1, 0.15) is 36.5 Å². The van der Waals surface area contributed by atoms with Gasteiger partial charge in [0.25, 0.3) is 0 Å². The van der Waals surface area contributed by atoms with Gasteiger partial charge in [0, 0.05) is 43.2 Å². The molecule has 192 valence electrons. The van der Waals surface area contributed by atoms with Gasteiger partial charge in [0.05, 0.1) is 0 Å². The number of nitrogens with zero attached hydrogens (tertiary/aromatic N) is 2. The fourth-order valence-electron chi connectivity index (χ4n) is 6.01. The summed E-state index contributed by atoms with van der Waals surface area (Å²) in [5.74, 6) is 2.36. The number of hydrogen-bond acceptors (Lipinski definition) is 3. The zero-order valence-electron chi connectivity index (χ0n) is 22.4. The Bertz CT molecular complexity index is 1310. The van der Waals surface area contributed by atoms with Crippen molar-refractivity contribution in [1.82, 2.24) is 9.80 Å². The van der Waals surface area contributed by atoms with E-state index < -0.39 is 0 Å². The summed E-state index contributed by atoms with van der Waals surface area (Å²) in [6.45, 7) is 10.2. The molecule has 0 saturated heterocycles. The molecule has 0 N–H and O–H groups in total. The third-order valence-corrected chi connectivity index (χ3v) is 7.95. The van der Waals surface area contributed by atoms with Crippen LogP contribution in [0.25, 0.3) is 12.2 Å². The molecular formula is C35H36N2O. The molecule has 0 bridgehead atoms. The summed E-state index contributed by atoms with van der Waals surface area (Å²) in [5, 5.41) is 0. The molecule has 3 aliphatic heterocycles. The third-order valence-electron chi connectivity index (χ3n) is 7.95. The van der Waals surface area contributed by atoms with E-state index in [2.05, 4.69) is 127 Å². The van der Waals surface area contributed by atoms with E-state index in [1.165, 1.54) is 39.0 Å². The molecular weight excluding hydrogens is 464 g/mol. The van der Waals surface area contributed by atoms with E-state index in [1.807, 2.05) is 0 Å². The Labute approximate surface area is 227 Å². The van der Waals surface area contributed by atoms with E-state index in [4.69, 9.17) is 4.74 Å². The highest BCUT2D eigenvalue weighted by Gasteiger charge is 2.40. The van der Waals surface area contributed by atoms with Gasteiger partial charge in [0.15, 0.2) is 0 Å². The smallest absolute Gasteiger partial charge is 0.133 e. The lowest BCUT2D eigenvalue weighted by atomic mass is 9.77. The summed E-state index contributed by atoms with van der Waals surface area (Å²) in [5.41, 5.74) is 9.10. The number of ether oxygens (including phenoxy) is 1. The Morgan fingerprint density at radius 2 is 1.03 bits per heavy atom. The van der Waals surface area contributed by atoms with Gasteiger partial charge in [-0.3, -0.25) is 9.80 Å². The van der Waals surface area contributed by atoms with Crippen molar-refractivity contribution in [2.75, 3.05) is 39.3 Å². The normalized spacial score (nSPS) is 22.4. The second-order valence-electron chi connectivity index (χ2n) is 10.4. The molecule has 0 fully saturated rings. The number of rotatable bonds is 5. The highest BCUT2D eigenvalue weighted by atomic mass is 16.5. The zero-order valence-corrected chi connectivity index (χ0v) is 22.4. The lowest BCUT2D eigenvalue weighted by molar-refractivity contribution is 0.217. The Kier molecular flexibility index (Phi) is 7.13. The summed E-state index contributed by atoms with van der Waals surface area (Å²) >= 11 is 0. The number of hydrogen-bond donors (Lipinski definition) is 0. The third kappa shape index (κ3) is 4.92. The zero-order chi connectivity index (χ0) is 25.9. The maximum absolute atomic E-state index is 7.07. The second-order valence-corrected chi connectivity index (χ2v) is 10.4. The summed E-state index contributed by atoms with van der Waals surface area (Å²) in [6, 6.07) is 32.4. The molecule has 0 radical (unpaired) electrons. The topological polar surface area (TPSA) is 15.7 Å². The molecule has 0 unspecified atom stereocenters. The van der Waals surface area contributed by atoms with Crippen molar-refractivity contribution in [3.63, 3.8) is 0 Å². The van der Waals surface area contributed by atoms with Crippen LogP contribution in [0.15, 0.2) is 125 Å². The van der Waals surface area contributed by atoms with Crippen LogP contribution in [-0.2, 0) is 4.74 Å². The van der Waals surface area contributed by atoms with Gasteiger partial charge in [0.2, 0.25) is 0 Å². The SMILES string of the molecule is CCN1CC(=Cc2ccccc2)C2=C(C1)C(c1ccccc1)C1=C(O2)C(=Cc2ccccc2)CN(CC)C1. The first-order valence-electron chi connectivity index (χ1n) is 13.9. The highest BCUT2D eigenvalue weighted by Crippen LogP contribution is 2.48. The van der Waals surface area contributed by atoms with Gasteiger partial charge < -0.3 is 4.74 Å². The van der Waals surface area contributed by atoms with Crippen LogP contribution in [-0.4, -0.2) is 49.1 Å². The van der Waals surface area contributed by atoms with Crippen LogP contribution in [0.2, 0.25) is 0 Å². The van der Waals surface area contributed by atoms with Gasteiger partial charge in [-0.15, -0.1) is 0 Å². The summed E-state index contributed by atoms with van der Waals surface area (Å²) in [6.07, 6.45) is 4.65. The van der Waals surface area contributed by atoms with Crippen molar-refractivity contribution < 1.29 is 4.74 Å². The first-order valence-corrected chi connectivity index (χ1v) is 13.9. The fourth-order valence-corrected chi connectivity index (χ4v) is 6.01. The summed E-state index contributed by atoms with van der Waals surface area (Å²) in [7, 11) is 0. The van der Waals surface area contributed by atoms with Crippen LogP contribution in [0.5, 0.6) is 0 Å². The van der Waals surface area contributed by atoms with Crippen LogP contribution < -0.4 is 0 Å². The first-order chi connectivity index (χ1) is 18.7. The van der Waals surface area contributed by atoms with Crippen molar-refractivity contribution in [2.45, 2.75) is 19.8 Å². The minimum absolute atomic E-state index is 0.206. The molecule has 38 heavy (non-hydrogen) atoms. The van der Waals surface area contributed by atoms with E-state index >= 15 is 0 Å². The minimum Gasteiger partial charge on any atom is -0.457 e. The van der Waals surface area contributed by atoms with Crippen molar-refractivity contribution in [1.29, 1.82) is 0 Å². The van der Waals surface area contributed by atoms with Crippen molar-refractivity contribution in [3.8, 4) is 0 Å². The molecule has 3 heterocycles. The second kappa shape index (κ2) is 11.0. The van der Waals surface area contributed by atoms with E-state index in [9.17, 15) is 0 Å². The molecule has 0 atom stereocenters. The maximum atomic E-state index is 7.07. The predicted octanol–water partition coefficient (Wildman–Crippen LogP) is 7.15. The molecule has 0 saturated carbocycles. The lowest BCUT2D eigenvalue weighted by Crippen LogP contribution is -2.42. The Balaban J connectivity index is 1.54. The predicted molar refractivity (Wildman–Crippen MR) is 157 cm³/mol. The Hall–Kier alpha value is -3.66. The van der Waals surface area contributed by atoms with Crippen molar-refractivity contribution >= 4 is 12.2 Å². The van der Waals surface area contributed by atoms with Gasteiger partial charge in [-0.1, -0.05) is 105 Å². The van der Waals surface area contributed by atoms with E-state index in [0.717, 1.165) is 50.8 Å². The van der Waals surface area contributed by atoms with E-state index in [-0.39, 0.29) is 5.92 Å². The van der Waals surface area contributed by atoms with Crippen molar-refractivity contribution in [2.24, 2.45) is 0 Å². The first kappa shape index (κ1) is 24.7. The molecule has 0 amide bonds. The average molecular weight is 501 g/mol. The average Bonchev–Trinajstić information content (AvgIpc) is 2.97. The molecule has 3 aliphatic rings. The van der Waals surface area contributed by atoms with Gasteiger partial charge in [0.1, 0.15) is 11.5 Å². The van der Waals surface area contributed by atoms with Gasteiger partial charge in [-0.25, -0.2) is 0 Å². The van der Waals surface area contributed by atoms with Crippen LogP contribution in [0, 0.1) is 0 Å².